The molecule has 0 atom stereocenters. The molecular weight excluding hydrogens is 411 g/mol. The second kappa shape index (κ2) is 8.29. The van der Waals surface area contributed by atoms with Gasteiger partial charge in [0.2, 0.25) is 0 Å². The topological polar surface area (TPSA) is 81.0 Å². The Kier molecular flexibility index (Phi) is 5.53. The van der Waals surface area contributed by atoms with Crippen LogP contribution in [0, 0.1) is 0 Å². The van der Waals surface area contributed by atoms with Crippen LogP contribution in [0.15, 0.2) is 59.4 Å². The van der Waals surface area contributed by atoms with Crippen molar-refractivity contribution in [2.45, 2.75) is 31.6 Å². The Morgan fingerprint density at radius 2 is 1.74 bits per heavy atom. The van der Waals surface area contributed by atoms with Crippen molar-refractivity contribution in [2.24, 2.45) is 0 Å². The van der Waals surface area contributed by atoms with Crippen molar-refractivity contribution in [3.63, 3.8) is 0 Å². The maximum Gasteiger partial charge on any atom is 0.418 e. The van der Waals surface area contributed by atoms with E-state index in [1.807, 2.05) is 30.3 Å². The first kappa shape index (κ1) is 20.7. The van der Waals surface area contributed by atoms with E-state index in [2.05, 4.69) is 15.7 Å². The van der Waals surface area contributed by atoms with Gasteiger partial charge in [-0.2, -0.15) is 13.2 Å². The zero-order valence-electron chi connectivity index (χ0n) is 16.4. The Balaban J connectivity index is 1.43. The van der Waals surface area contributed by atoms with Gasteiger partial charge in [-0.05, 0) is 25.0 Å². The highest BCUT2D eigenvalue weighted by atomic mass is 19.4. The quantitative estimate of drug-likeness (QED) is 0.622. The van der Waals surface area contributed by atoms with Gasteiger partial charge < -0.3 is 10.6 Å². The number of aromatic nitrogens is 3. The van der Waals surface area contributed by atoms with E-state index in [0.717, 1.165) is 24.5 Å². The van der Waals surface area contributed by atoms with E-state index in [1.165, 1.54) is 22.9 Å². The number of carbonyl (C=O) groups excluding carboxylic acids is 1. The molecule has 0 spiro atoms. The molecule has 1 fully saturated rings. The van der Waals surface area contributed by atoms with Crippen molar-refractivity contribution < 1.29 is 18.0 Å². The molecule has 2 amide bonds. The number of carbonyl (C=O) groups is 1. The van der Waals surface area contributed by atoms with Crippen molar-refractivity contribution in [1.82, 2.24) is 19.7 Å². The van der Waals surface area contributed by atoms with Gasteiger partial charge in [-0.25, -0.2) is 14.3 Å². The lowest BCUT2D eigenvalue weighted by Gasteiger charge is -2.13. The summed E-state index contributed by atoms with van der Waals surface area (Å²) in [4.78, 5) is 24.9. The van der Waals surface area contributed by atoms with Crippen molar-refractivity contribution in [2.75, 3.05) is 11.9 Å². The van der Waals surface area contributed by atoms with Crippen LogP contribution in [-0.4, -0.2) is 26.9 Å². The summed E-state index contributed by atoms with van der Waals surface area (Å²) in [7, 11) is 0. The van der Waals surface area contributed by atoms with Gasteiger partial charge in [0, 0.05) is 18.2 Å². The molecule has 7 nitrogen and oxygen atoms in total. The highest BCUT2D eigenvalue weighted by Crippen LogP contribution is 2.36. The number of nitrogens with zero attached hydrogens (tertiary/aromatic N) is 3. The monoisotopic (exact) mass is 431 g/mol. The van der Waals surface area contributed by atoms with Crippen molar-refractivity contribution in [3.05, 3.63) is 70.6 Å². The number of nitrogens with one attached hydrogen (secondary N) is 2. The van der Waals surface area contributed by atoms with E-state index in [1.54, 1.807) is 4.57 Å². The molecule has 1 heterocycles. The van der Waals surface area contributed by atoms with E-state index < -0.39 is 17.8 Å². The molecule has 0 bridgehead atoms. The van der Waals surface area contributed by atoms with E-state index in [4.69, 9.17) is 0 Å². The standard InChI is InChI=1S/C21H20F3N5O2/c22-21(23,24)16-8-4-5-9-17(16)26-19(30)25-12-13-28-20(31)29(15-10-11-15)18(27-28)14-6-2-1-3-7-14/h1-9,15H,10-13H2,(H2,25,26,30). The van der Waals surface area contributed by atoms with Crippen molar-refractivity contribution in [1.29, 1.82) is 0 Å². The summed E-state index contributed by atoms with van der Waals surface area (Å²) < 4.78 is 42.1. The van der Waals surface area contributed by atoms with Crippen LogP contribution >= 0.6 is 0 Å². The third-order valence-electron chi connectivity index (χ3n) is 4.90. The molecule has 10 heteroatoms. The molecular formula is C21H20F3N5O2. The molecule has 0 aliphatic heterocycles. The average molecular weight is 431 g/mol. The molecule has 2 aromatic carbocycles. The maximum atomic E-state index is 13.0. The number of amides is 2. The number of halogens is 3. The first-order chi connectivity index (χ1) is 14.8. The Bertz CT molecular complexity index is 1130. The maximum absolute atomic E-state index is 13.0. The summed E-state index contributed by atoms with van der Waals surface area (Å²) in [5.74, 6) is 0.566. The van der Waals surface area contributed by atoms with E-state index in [0.29, 0.717) is 5.82 Å². The summed E-state index contributed by atoms with van der Waals surface area (Å²) in [5, 5.41) is 9.09. The van der Waals surface area contributed by atoms with E-state index >= 15 is 0 Å². The highest BCUT2D eigenvalue weighted by molar-refractivity contribution is 5.90. The lowest BCUT2D eigenvalue weighted by molar-refractivity contribution is -0.136. The lowest BCUT2D eigenvalue weighted by Crippen LogP contribution is -2.34. The first-order valence-corrected chi connectivity index (χ1v) is 9.80. The van der Waals surface area contributed by atoms with Gasteiger partial charge in [0.05, 0.1) is 17.8 Å². The van der Waals surface area contributed by atoms with Crippen LogP contribution in [0.4, 0.5) is 23.7 Å². The zero-order chi connectivity index (χ0) is 22.0. The molecule has 3 aromatic rings. The summed E-state index contributed by atoms with van der Waals surface area (Å²) >= 11 is 0. The molecule has 31 heavy (non-hydrogen) atoms. The zero-order valence-corrected chi connectivity index (χ0v) is 16.4. The fraction of sp³-hybridized carbons (Fsp3) is 0.286. The van der Waals surface area contributed by atoms with Crippen LogP contribution in [0.2, 0.25) is 0 Å². The smallest absolute Gasteiger partial charge is 0.336 e. The third kappa shape index (κ3) is 4.62. The van der Waals surface area contributed by atoms with Gasteiger partial charge >= 0.3 is 17.9 Å². The molecule has 0 unspecified atom stereocenters. The van der Waals surface area contributed by atoms with Crippen molar-refractivity contribution >= 4 is 11.7 Å². The number of alkyl halides is 3. The van der Waals surface area contributed by atoms with Gasteiger partial charge in [-0.3, -0.25) is 4.57 Å². The predicted molar refractivity (Wildman–Crippen MR) is 109 cm³/mol. The van der Waals surface area contributed by atoms with Crippen LogP contribution in [0.5, 0.6) is 0 Å². The van der Waals surface area contributed by atoms with Gasteiger partial charge in [0.25, 0.3) is 0 Å². The van der Waals surface area contributed by atoms with Crippen LogP contribution in [0.1, 0.15) is 24.4 Å². The Morgan fingerprint density at radius 1 is 1.06 bits per heavy atom. The number of urea groups is 1. The van der Waals surface area contributed by atoms with Gasteiger partial charge in [0.15, 0.2) is 5.82 Å². The van der Waals surface area contributed by atoms with Gasteiger partial charge in [-0.15, -0.1) is 5.10 Å². The Labute approximate surface area is 175 Å². The number of hydrogen-bond donors (Lipinski definition) is 2. The number of benzene rings is 2. The number of rotatable bonds is 6. The fourth-order valence-corrected chi connectivity index (χ4v) is 3.29. The summed E-state index contributed by atoms with van der Waals surface area (Å²) in [6.07, 6.45) is -2.77. The molecule has 1 saturated carbocycles. The predicted octanol–water partition coefficient (Wildman–Crippen LogP) is 3.89. The van der Waals surface area contributed by atoms with E-state index in [9.17, 15) is 22.8 Å². The molecule has 4 rings (SSSR count). The second-order valence-corrected chi connectivity index (χ2v) is 7.22. The molecule has 1 aliphatic carbocycles. The minimum absolute atomic E-state index is 0.0236. The summed E-state index contributed by atoms with van der Waals surface area (Å²) in [6.45, 7) is 0.114. The molecule has 0 saturated heterocycles. The summed E-state index contributed by atoms with van der Waals surface area (Å²) in [5.41, 5.74) is -0.725. The highest BCUT2D eigenvalue weighted by Gasteiger charge is 2.33. The third-order valence-corrected chi connectivity index (χ3v) is 4.90. The van der Waals surface area contributed by atoms with Crippen molar-refractivity contribution in [3.8, 4) is 11.4 Å². The normalized spacial score (nSPS) is 13.8. The Hall–Kier alpha value is -3.56. The number of hydrogen-bond acceptors (Lipinski definition) is 3. The van der Waals surface area contributed by atoms with Crippen LogP contribution in [-0.2, 0) is 12.7 Å². The second-order valence-electron chi connectivity index (χ2n) is 7.22. The van der Waals surface area contributed by atoms with Gasteiger partial charge in [0.1, 0.15) is 0 Å². The number of para-hydroxylation sites is 1. The van der Waals surface area contributed by atoms with Crippen LogP contribution in [0.25, 0.3) is 11.4 Å². The minimum atomic E-state index is -4.58. The fourth-order valence-electron chi connectivity index (χ4n) is 3.29. The molecule has 1 aliphatic rings. The lowest BCUT2D eigenvalue weighted by atomic mass is 10.1. The average Bonchev–Trinajstić information content (AvgIpc) is 3.52. The minimum Gasteiger partial charge on any atom is -0.336 e. The SMILES string of the molecule is O=C(NCCn1nc(-c2ccccc2)n(C2CC2)c1=O)Nc1ccccc1C(F)(F)F. The van der Waals surface area contributed by atoms with Gasteiger partial charge in [-0.1, -0.05) is 42.5 Å². The molecule has 0 radical (unpaired) electrons. The molecule has 2 N–H and O–H groups in total. The van der Waals surface area contributed by atoms with E-state index in [-0.39, 0.29) is 30.5 Å². The van der Waals surface area contributed by atoms with Crippen LogP contribution in [0.3, 0.4) is 0 Å². The molecule has 1 aromatic heterocycles. The Morgan fingerprint density at radius 3 is 2.42 bits per heavy atom. The van der Waals surface area contributed by atoms with Crippen LogP contribution < -0.4 is 16.3 Å². The number of anilines is 1. The first-order valence-electron chi connectivity index (χ1n) is 9.80. The summed E-state index contributed by atoms with van der Waals surface area (Å²) in [6, 6.07) is 13.4. The largest absolute Gasteiger partial charge is 0.418 e. The molecule has 162 valence electrons.